The molecule has 10 heteroatoms. The summed E-state index contributed by atoms with van der Waals surface area (Å²) >= 11 is 0. The summed E-state index contributed by atoms with van der Waals surface area (Å²) in [7, 11) is 2.07. The van der Waals surface area contributed by atoms with E-state index in [-0.39, 0.29) is 43.0 Å². The Bertz CT molecular complexity index is 1450. The molecule has 0 radical (unpaired) electrons. The van der Waals surface area contributed by atoms with Gasteiger partial charge in [0.1, 0.15) is 12.8 Å². The van der Waals surface area contributed by atoms with E-state index in [0.717, 1.165) is 102 Å². The number of quaternary nitrogens is 3. The normalized spacial score (nSPS) is 42.5. The fraction of sp³-hybridized carbons (Fsp3) is 0.844. The van der Waals surface area contributed by atoms with E-state index in [1.54, 1.807) is 0 Å². The number of allylic oxidation sites excluding steroid dienone is 3. The lowest BCUT2D eigenvalue weighted by atomic mass is 9.56. The SMILES string of the molecule is CC[NH2+]C1CC2C=CCC3CCCCC(C)CC4CCCC5C(=O)C6(CC(CO)=C(C)CCC7CC[NH2+]C(NC[NH2+]C)C7)OC6(C(=O)OCC1CC23)C(=O)C45. The Morgan fingerprint density at radius 1 is 1.00 bits per heavy atom. The summed E-state index contributed by atoms with van der Waals surface area (Å²) < 4.78 is 12.9. The molecule has 8 N–H and O–H groups in total. The second-order valence-corrected chi connectivity index (χ2v) is 19.3. The van der Waals surface area contributed by atoms with Gasteiger partial charge in [0.15, 0.2) is 17.2 Å². The molecule has 13 unspecified atom stereocenters. The number of Topliss-reactive ketones (excluding diaryl/α,β-unsaturated/α-hetero) is 2. The van der Waals surface area contributed by atoms with Crippen molar-refractivity contribution in [1.82, 2.24) is 5.32 Å². The van der Waals surface area contributed by atoms with Crippen LogP contribution in [0.2, 0.25) is 0 Å². The molecular weight excluding hydrogens is 693 g/mol. The number of aliphatic hydroxyl groups is 1. The van der Waals surface area contributed by atoms with E-state index >= 15 is 4.79 Å². The molecule has 0 aromatic carbocycles. The number of nitrogens with two attached hydrogens (primary N) is 3. The minimum atomic E-state index is -1.91. The summed E-state index contributed by atoms with van der Waals surface area (Å²) in [4.78, 5) is 44.9. The minimum absolute atomic E-state index is 0.0654. The van der Waals surface area contributed by atoms with Gasteiger partial charge in [0.2, 0.25) is 0 Å². The monoisotopic (exact) mass is 768 g/mol. The first kappa shape index (κ1) is 41.2. The van der Waals surface area contributed by atoms with Crippen molar-refractivity contribution in [3.63, 3.8) is 0 Å². The van der Waals surface area contributed by atoms with E-state index in [1.165, 1.54) is 19.3 Å². The molecule has 4 aliphatic carbocycles. The molecule has 308 valence electrons. The van der Waals surface area contributed by atoms with Crippen LogP contribution in [0.15, 0.2) is 23.3 Å². The Kier molecular flexibility index (Phi) is 13.4. The standard InChI is InChI=1S/C45H72N4O6/c1-5-47-38-23-32-13-8-12-31-11-7-6-10-28(2)20-33-14-9-15-36-40(33)42(52)45(43(53)54-26-34(38)22-37(31)32)44(55-45,41(36)51)24-35(25-50)29(3)16-17-30-18-19-48-39(21-30)49-27-46-4/h8,13,28,30-34,36-40,46-50H,5-7,9-12,14-27H2,1-4H3/p+3. The summed E-state index contributed by atoms with van der Waals surface area (Å²) in [5.74, 6) is 1.18. The molecule has 1 spiro atoms. The van der Waals surface area contributed by atoms with Crippen molar-refractivity contribution >= 4 is 17.5 Å². The molecule has 4 bridgehead atoms. The van der Waals surface area contributed by atoms with Gasteiger partial charge in [-0.25, -0.2) is 10.1 Å². The summed E-state index contributed by atoms with van der Waals surface area (Å²) in [6.07, 6.45) is 20.9. The van der Waals surface area contributed by atoms with Gasteiger partial charge in [-0.2, -0.15) is 0 Å². The Labute approximate surface area is 330 Å². The molecule has 3 saturated carbocycles. The van der Waals surface area contributed by atoms with Gasteiger partial charge < -0.3 is 30.5 Å². The van der Waals surface area contributed by atoms with Crippen molar-refractivity contribution in [3.05, 3.63) is 23.3 Å². The molecule has 55 heavy (non-hydrogen) atoms. The Morgan fingerprint density at radius 2 is 1.82 bits per heavy atom. The largest absolute Gasteiger partial charge is 0.463 e. The number of carbonyl (C=O) groups is 3. The number of piperidine rings is 1. The number of hydrogen-bond acceptors (Lipinski definition) is 7. The van der Waals surface area contributed by atoms with Crippen LogP contribution in [0.1, 0.15) is 124 Å². The third kappa shape index (κ3) is 8.21. The van der Waals surface area contributed by atoms with Crippen LogP contribution in [0, 0.1) is 53.3 Å². The fourth-order valence-corrected chi connectivity index (χ4v) is 12.8. The van der Waals surface area contributed by atoms with Gasteiger partial charge in [0.25, 0.3) is 5.60 Å². The predicted molar refractivity (Wildman–Crippen MR) is 210 cm³/mol. The summed E-state index contributed by atoms with van der Waals surface area (Å²) in [6.45, 7) is 9.56. The van der Waals surface area contributed by atoms with Crippen LogP contribution in [0.25, 0.3) is 0 Å². The fourth-order valence-electron chi connectivity index (χ4n) is 12.8. The third-order valence-corrected chi connectivity index (χ3v) is 15.8. The highest BCUT2D eigenvalue weighted by Gasteiger charge is 2.87. The Balaban J connectivity index is 1.16. The van der Waals surface area contributed by atoms with Crippen LogP contribution in [0.4, 0.5) is 0 Å². The van der Waals surface area contributed by atoms with Crippen molar-refractivity contribution in [1.29, 1.82) is 0 Å². The van der Waals surface area contributed by atoms with Crippen LogP contribution in [0.3, 0.4) is 0 Å². The lowest BCUT2D eigenvalue weighted by molar-refractivity contribution is -0.716. The molecule has 0 aromatic heterocycles. The predicted octanol–water partition coefficient (Wildman–Crippen LogP) is 2.51. The highest BCUT2D eigenvalue weighted by Crippen LogP contribution is 2.63. The Hall–Kier alpha value is -1.95. The summed E-state index contributed by atoms with van der Waals surface area (Å²) in [6, 6.07) is 0.341. The molecule has 3 heterocycles. The highest BCUT2D eigenvalue weighted by atomic mass is 16.7. The van der Waals surface area contributed by atoms with Crippen LogP contribution >= 0.6 is 0 Å². The average Bonchev–Trinajstić information content (AvgIpc) is 3.89. The van der Waals surface area contributed by atoms with E-state index in [1.807, 2.05) is 0 Å². The quantitative estimate of drug-likeness (QED) is 0.0712. The summed E-state index contributed by atoms with van der Waals surface area (Å²) in [5.41, 5.74) is -1.72. The number of epoxide rings is 1. The van der Waals surface area contributed by atoms with Gasteiger partial charge >= 0.3 is 5.97 Å². The minimum Gasteiger partial charge on any atom is -0.463 e. The number of carbonyl (C=O) groups excluding carboxylic acids is 3. The molecule has 0 aromatic rings. The van der Waals surface area contributed by atoms with Crippen molar-refractivity contribution in [2.45, 2.75) is 147 Å². The molecule has 3 saturated heterocycles. The van der Waals surface area contributed by atoms with Gasteiger partial charge in [-0.3, -0.25) is 9.59 Å². The van der Waals surface area contributed by atoms with Gasteiger partial charge in [0.05, 0.1) is 39.4 Å². The number of rotatable bonds is 11. The first-order valence-electron chi connectivity index (χ1n) is 22.7. The number of fused-ring (bicyclic) bond motifs is 1. The molecular formula is C45H75N4O6+3. The maximum atomic E-state index is 15.1. The number of aliphatic hydroxyl groups excluding tert-OH is 1. The van der Waals surface area contributed by atoms with Gasteiger partial charge in [-0.15, -0.1) is 0 Å². The highest BCUT2D eigenvalue weighted by molar-refractivity contribution is 6.23. The lowest BCUT2D eigenvalue weighted by Crippen LogP contribution is -2.97. The number of cyclic esters (lactones) is 1. The number of hydrogen-bond donors (Lipinski definition) is 5. The van der Waals surface area contributed by atoms with Gasteiger partial charge in [0, 0.05) is 37.0 Å². The molecule has 0 amide bonds. The molecule has 10 nitrogen and oxygen atoms in total. The van der Waals surface area contributed by atoms with Crippen molar-refractivity contribution in [3.8, 4) is 0 Å². The van der Waals surface area contributed by atoms with Gasteiger partial charge in [-0.05, 0) is 113 Å². The van der Waals surface area contributed by atoms with Crippen molar-refractivity contribution in [2.75, 3.05) is 40.0 Å². The Morgan fingerprint density at radius 3 is 2.62 bits per heavy atom. The van der Waals surface area contributed by atoms with Crippen LogP contribution < -0.4 is 21.3 Å². The zero-order chi connectivity index (χ0) is 38.7. The lowest BCUT2D eigenvalue weighted by Gasteiger charge is -2.44. The van der Waals surface area contributed by atoms with E-state index < -0.39 is 29.0 Å². The first-order chi connectivity index (χ1) is 26.6. The second-order valence-electron chi connectivity index (χ2n) is 19.3. The second kappa shape index (κ2) is 17.9. The number of ketones is 2. The zero-order valence-electron chi connectivity index (χ0n) is 34.6. The third-order valence-electron chi connectivity index (χ3n) is 15.8. The number of ether oxygens (including phenoxy) is 2. The van der Waals surface area contributed by atoms with E-state index in [2.05, 4.69) is 61.2 Å². The first-order valence-corrected chi connectivity index (χ1v) is 22.7. The zero-order valence-corrected chi connectivity index (χ0v) is 34.6. The average molecular weight is 768 g/mol. The van der Waals surface area contributed by atoms with Crippen LogP contribution in [-0.2, 0) is 23.9 Å². The molecule has 7 rings (SSSR count). The molecule has 7 aliphatic rings. The molecule has 3 aliphatic heterocycles. The van der Waals surface area contributed by atoms with Crippen molar-refractivity contribution < 1.29 is 44.9 Å². The maximum absolute atomic E-state index is 15.1. The van der Waals surface area contributed by atoms with Crippen molar-refractivity contribution in [2.24, 2.45) is 53.3 Å². The van der Waals surface area contributed by atoms with E-state index in [4.69, 9.17) is 9.47 Å². The van der Waals surface area contributed by atoms with E-state index in [9.17, 15) is 14.7 Å². The topological polar surface area (TPSA) is 155 Å². The van der Waals surface area contributed by atoms with Crippen LogP contribution in [0.5, 0.6) is 0 Å². The van der Waals surface area contributed by atoms with Crippen LogP contribution in [-0.4, -0.2) is 86.1 Å². The van der Waals surface area contributed by atoms with E-state index in [0.29, 0.717) is 48.2 Å². The molecule has 6 fully saturated rings. The summed E-state index contributed by atoms with van der Waals surface area (Å²) in [5, 5.41) is 21.4. The smallest absolute Gasteiger partial charge is 0.350 e. The van der Waals surface area contributed by atoms with Gasteiger partial charge in [-0.1, -0.05) is 50.3 Å². The number of nitrogens with one attached hydrogen (secondary N) is 1. The maximum Gasteiger partial charge on any atom is 0.350 e. The molecule has 13 atom stereocenters. The number of esters is 1.